The van der Waals surface area contributed by atoms with E-state index in [4.69, 9.17) is 0 Å². The fourth-order valence-corrected chi connectivity index (χ4v) is 2.98. The first-order chi connectivity index (χ1) is 5.74. The number of hydrogen-bond acceptors (Lipinski definition) is 0. The van der Waals surface area contributed by atoms with Crippen molar-refractivity contribution >= 4 is 15.9 Å². The second kappa shape index (κ2) is 5.06. The zero-order valence-electron chi connectivity index (χ0n) is 7.98. The normalized spacial score (nSPS) is 21.2. The van der Waals surface area contributed by atoms with Crippen molar-refractivity contribution in [3.8, 4) is 0 Å². The molecule has 0 aliphatic heterocycles. The van der Waals surface area contributed by atoms with E-state index < -0.39 is 0 Å². The lowest BCUT2D eigenvalue weighted by atomic mass is 9.88. The molecular weight excluding hydrogens is 212 g/mol. The van der Waals surface area contributed by atoms with Crippen LogP contribution in [0.15, 0.2) is 12.2 Å². The maximum absolute atomic E-state index is 3.99. The molecule has 0 bridgehead atoms. The van der Waals surface area contributed by atoms with Crippen molar-refractivity contribution in [2.45, 2.75) is 39.0 Å². The molecule has 0 aromatic carbocycles. The lowest BCUT2D eigenvalue weighted by Crippen LogP contribution is -2.13. The predicted molar refractivity (Wildman–Crippen MR) is 58.7 cm³/mol. The van der Waals surface area contributed by atoms with Gasteiger partial charge in [0, 0.05) is 5.33 Å². The molecule has 0 saturated heterocycles. The highest BCUT2D eigenvalue weighted by atomic mass is 79.9. The van der Waals surface area contributed by atoms with E-state index in [0.717, 1.165) is 17.2 Å². The highest BCUT2D eigenvalue weighted by Gasteiger charge is 2.23. The van der Waals surface area contributed by atoms with E-state index in [-0.39, 0.29) is 0 Å². The SMILES string of the molecule is C=C(C)CC(CBr)C1CCCC1. The van der Waals surface area contributed by atoms with E-state index in [2.05, 4.69) is 29.4 Å². The summed E-state index contributed by atoms with van der Waals surface area (Å²) in [4.78, 5) is 0. The van der Waals surface area contributed by atoms with Gasteiger partial charge in [-0.2, -0.15) is 0 Å². The van der Waals surface area contributed by atoms with Crippen LogP contribution in [0.3, 0.4) is 0 Å². The van der Waals surface area contributed by atoms with Gasteiger partial charge in [-0.3, -0.25) is 0 Å². The Morgan fingerprint density at radius 3 is 2.50 bits per heavy atom. The van der Waals surface area contributed by atoms with Crippen molar-refractivity contribution in [1.29, 1.82) is 0 Å². The lowest BCUT2D eigenvalue weighted by molar-refractivity contribution is 0.372. The van der Waals surface area contributed by atoms with Crippen LogP contribution in [0.25, 0.3) is 0 Å². The monoisotopic (exact) mass is 230 g/mol. The predicted octanol–water partition coefficient (Wildman–Crippen LogP) is 4.15. The zero-order chi connectivity index (χ0) is 8.97. The molecule has 12 heavy (non-hydrogen) atoms. The molecule has 0 aromatic heterocycles. The number of hydrogen-bond donors (Lipinski definition) is 0. The molecule has 1 heteroatoms. The Morgan fingerprint density at radius 2 is 2.08 bits per heavy atom. The topological polar surface area (TPSA) is 0 Å². The first-order valence-electron chi connectivity index (χ1n) is 4.94. The van der Waals surface area contributed by atoms with E-state index >= 15 is 0 Å². The molecule has 0 radical (unpaired) electrons. The summed E-state index contributed by atoms with van der Waals surface area (Å²) in [5.74, 6) is 1.83. The molecule has 0 amide bonds. The van der Waals surface area contributed by atoms with Crippen molar-refractivity contribution < 1.29 is 0 Å². The summed E-state index contributed by atoms with van der Waals surface area (Å²) in [7, 11) is 0. The molecule has 1 rings (SSSR count). The fourth-order valence-electron chi connectivity index (χ4n) is 2.22. The zero-order valence-corrected chi connectivity index (χ0v) is 9.57. The number of allylic oxidation sites excluding steroid dienone is 1. The first kappa shape index (κ1) is 10.3. The molecule has 1 aliphatic carbocycles. The molecule has 0 heterocycles. The Labute approximate surface area is 84.6 Å². The third-order valence-electron chi connectivity index (χ3n) is 2.88. The van der Waals surface area contributed by atoms with Gasteiger partial charge in [0.1, 0.15) is 0 Å². The second-order valence-corrected chi connectivity index (χ2v) is 4.77. The molecule has 1 saturated carbocycles. The third-order valence-corrected chi connectivity index (χ3v) is 3.71. The summed E-state index contributed by atoms with van der Waals surface area (Å²) in [6, 6.07) is 0. The fraction of sp³-hybridized carbons (Fsp3) is 0.818. The molecule has 0 aromatic rings. The van der Waals surface area contributed by atoms with Gasteiger partial charge in [-0.1, -0.05) is 47.2 Å². The van der Waals surface area contributed by atoms with E-state index in [0.29, 0.717) is 0 Å². The Kier molecular flexibility index (Phi) is 4.34. The molecule has 70 valence electrons. The second-order valence-electron chi connectivity index (χ2n) is 4.12. The van der Waals surface area contributed by atoms with Crippen molar-refractivity contribution in [2.75, 3.05) is 5.33 Å². The Balaban J connectivity index is 2.37. The van der Waals surface area contributed by atoms with Gasteiger partial charge in [-0.25, -0.2) is 0 Å². The summed E-state index contributed by atoms with van der Waals surface area (Å²) in [6.45, 7) is 6.14. The summed E-state index contributed by atoms with van der Waals surface area (Å²) in [5, 5.41) is 1.16. The van der Waals surface area contributed by atoms with E-state index in [1.807, 2.05) is 0 Å². The van der Waals surface area contributed by atoms with E-state index in [1.165, 1.54) is 37.7 Å². The van der Waals surface area contributed by atoms with E-state index in [9.17, 15) is 0 Å². The molecule has 1 unspecified atom stereocenters. The van der Waals surface area contributed by atoms with Crippen LogP contribution in [0.5, 0.6) is 0 Å². The summed E-state index contributed by atoms with van der Waals surface area (Å²) >= 11 is 3.61. The average molecular weight is 231 g/mol. The van der Waals surface area contributed by atoms with Crippen LogP contribution in [0.2, 0.25) is 0 Å². The highest BCUT2D eigenvalue weighted by Crippen LogP contribution is 2.35. The largest absolute Gasteiger partial charge is 0.100 e. The maximum Gasteiger partial charge on any atom is 0.00653 e. The molecule has 1 aliphatic rings. The van der Waals surface area contributed by atoms with Crippen LogP contribution in [-0.2, 0) is 0 Å². The summed E-state index contributed by atoms with van der Waals surface area (Å²) in [5.41, 5.74) is 1.34. The molecule has 0 spiro atoms. The van der Waals surface area contributed by atoms with Crippen LogP contribution in [0, 0.1) is 11.8 Å². The van der Waals surface area contributed by atoms with Gasteiger partial charge in [0.2, 0.25) is 0 Å². The van der Waals surface area contributed by atoms with Crippen molar-refractivity contribution in [1.82, 2.24) is 0 Å². The van der Waals surface area contributed by atoms with E-state index in [1.54, 1.807) is 0 Å². The molecule has 1 atom stereocenters. The van der Waals surface area contributed by atoms with Gasteiger partial charge < -0.3 is 0 Å². The average Bonchev–Trinajstić information content (AvgIpc) is 2.51. The summed E-state index contributed by atoms with van der Waals surface area (Å²) < 4.78 is 0. The maximum atomic E-state index is 3.99. The standard InChI is InChI=1S/C11H19Br/c1-9(2)7-11(8-12)10-5-3-4-6-10/h10-11H,1,3-8H2,2H3. The minimum Gasteiger partial charge on any atom is -0.100 e. The van der Waals surface area contributed by atoms with Gasteiger partial charge in [-0.05, 0) is 25.2 Å². The molecule has 1 fully saturated rings. The number of alkyl halides is 1. The van der Waals surface area contributed by atoms with Crippen LogP contribution in [0.4, 0.5) is 0 Å². The van der Waals surface area contributed by atoms with Crippen molar-refractivity contribution in [3.63, 3.8) is 0 Å². The van der Waals surface area contributed by atoms with Crippen molar-refractivity contribution in [3.05, 3.63) is 12.2 Å². The lowest BCUT2D eigenvalue weighted by Gasteiger charge is -2.20. The van der Waals surface area contributed by atoms with Crippen molar-refractivity contribution in [2.24, 2.45) is 11.8 Å². The van der Waals surface area contributed by atoms with Gasteiger partial charge in [0.25, 0.3) is 0 Å². The number of rotatable bonds is 4. The highest BCUT2D eigenvalue weighted by molar-refractivity contribution is 9.09. The smallest absolute Gasteiger partial charge is 0.00653 e. The van der Waals surface area contributed by atoms with Gasteiger partial charge in [0.05, 0.1) is 0 Å². The van der Waals surface area contributed by atoms with Crippen LogP contribution in [-0.4, -0.2) is 5.33 Å². The molecular formula is C11H19Br. The van der Waals surface area contributed by atoms with Crippen LogP contribution < -0.4 is 0 Å². The molecule has 0 N–H and O–H groups in total. The minimum atomic E-state index is 0.852. The van der Waals surface area contributed by atoms with Gasteiger partial charge in [0.15, 0.2) is 0 Å². The van der Waals surface area contributed by atoms with Crippen LogP contribution in [0.1, 0.15) is 39.0 Å². The first-order valence-corrected chi connectivity index (χ1v) is 6.06. The Bertz CT molecular complexity index is 145. The van der Waals surface area contributed by atoms with Gasteiger partial charge in [-0.15, -0.1) is 6.58 Å². The Morgan fingerprint density at radius 1 is 1.50 bits per heavy atom. The summed E-state index contributed by atoms with van der Waals surface area (Å²) in [6.07, 6.45) is 7.01. The van der Waals surface area contributed by atoms with Gasteiger partial charge >= 0.3 is 0 Å². The third kappa shape index (κ3) is 2.93. The quantitative estimate of drug-likeness (QED) is 0.503. The number of halogens is 1. The minimum absolute atomic E-state index is 0.852. The molecule has 0 nitrogen and oxygen atoms in total. The Hall–Kier alpha value is 0.220. The van der Waals surface area contributed by atoms with Crippen LogP contribution >= 0.6 is 15.9 Å².